The summed E-state index contributed by atoms with van der Waals surface area (Å²) in [6.07, 6.45) is 9.10. The highest BCUT2D eigenvalue weighted by atomic mass is 19.1. The van der Waals surface area contributed by atoms with E-state index in [1.165, 1.54) is 35.9 Å². The molecule has 0 atom stereocenters. The Balaban J connectivity index is 1.18. The molecule has 5 heteroatoms. The molecule has 1 aliphatic carbocycles. The summed E-state index contributed by atoms with van der Waals surface area (Å²) in [4.78, 5) is 2.50. The number of nitriles is 1. The van der Waals surface area contributed by atoms with Crippen molar-refractivity contribution in [2.75, 3.05) is 13.1 Å². The number of hydrogen-bond donors (Lipinski definition) is 0. The lowest BCUT2D eigenvalue weighted by Crippen LogP contribution is -2.58. The minimum atomic E-state index is -0.255. The minimum Gasteiger partial charge on any atom is -0.488 e. The maximum Gasteiger partial charge on any atom is 0.188 e. The summed E-state index contributed by atoms with van der Waals surface area (Å²) in [5.74, 6) is 0.883. The van der Waals surface area contributed by atoms with Crippen LogP contribution in [0.5, 0.6) is 5.75 Å². The Bertz CT molecular complexity index is 1060. The van der Waals surface area contributed by atoms with E-state index in [4.69, 9.17) is 4.74 Å². The van der Waals surface area contributed by atoms with Crippen molar-refractivity contribution >= 4 is 10.9 Å². The second kappa shape index (κ2) is 7.53. The van der Waals surface area contributed by atoms with Gasteiger partial charge in [-0.05, 0) is 55.4 Å². The molecule has 2 fully saturated rings. The Morgan fingerprint density at radius 1 is 1.00 bits per heavy atom. The smallest absolute Gasteiger partial charge is 0.188 e. The van der Waals surface area contributed by atoms with Crippen LogP contribution in [0.25, 0.3) is 10.9 Å². The first-order valence-corrected chi connectivity index (χ1v) is 10.4. The second-order valence-corrected chi connectivity index (χ2v) is 8.23. The zero-order valence-electron chi connectivity index (χ0n) is 16.3. The van der Waals surface area contributed by atoms with Crippen LogP contribution in [0.4, 0.5) is 4.39 Å². The van der Waals surface area contributed by atoms with Gasteiger partial charge in [-0.3, -0.25) is 9.47 Å². The highest BCUT2D eigenvalue weighted by molar-refractivity contribution is 5.85. The number of fused-ring (bicyclic) bond motifs is 1. The number of hydrogen-bond acceptors (Lipinski definition) is 3. The Kier molecular flexibility index (Phi) is 4.73. The first-order chi connectivity index (χ1) is 14.2. The average Bonchev–Trinajstić information content (AvgIpc) is 3.10. The third kappa shape index (κ3) is 3.49. The molecule has 0 spiro atoms. The molecule has 29 heavy (non-hydrogen) atoms. The van der Waals surface area contributed by atoms with Crippen LogP contribution in [0, 0.1) is 17.3 Å². The molecule has 1 aliphatic heterocycles. The van der Waals surface area contributed by atoms with Gasteiger partial charge >= 0.3 is 0 Å². The van der Waals surface area contributed by atoms with Gasteiger partial charge in [0.05, 0.1) is 5.52 Å². The number of nitrogens with zero attached hydrogens (tertiary/aromatic N) is 3. The fraction of sp³-hybridized carbons (Fsp3) is 0.375. The molecule has 1 saturated carbocycles. The first-order valence-electron chi connectivity index (χ1n) is 10.4. The molecule has 1 saturated heterocycles. The molecule has 2 aliphatic rings. The molecule has 2 aromatic carbocycles. The Morgan fingerprint density at radius 3 is 2.55 bits per heavy atom. The van der Waals surface area contributed by atoms with E-state index in [-0.39, 0.29) is 11.9 Å². The van der Waals surface area contributed by atoms with Gasteiger partial charge in [0.1, 0.15) is 17.7 Å². The molecular formula is C24H24FN3O. The molecule has 0 N–H and O–H groups in total. The van der Waals surface area contributed by atoms with Crippen molar-refractivity contribution in [2.45, 2.75) is 43.7 Å². The molecule has 0 radical (unpaired) electrons. The van der Waals surface area contributed by atoms with E-state index in [1.54, 1.807) is 10.6 Å². The zero-order chi connectivity index (χ0) is 19.8. The van der Waals surface area contributed by atoms with Gasteiger partial charge < -0.3 is 4.74 Å². The molecule has 5 rings (SSSR count). The van der Waals surface area contributed by atoms with Gasteiger partial charge in [0.15, 0.2) is 6.19 Å². The molecule has 2 heterocycles. The highest BCUT2D eigenvalue weighted by Gasteiger charge is 2.36. The number of para-hydroxylation sites is 1. The number of likely N-dealkylation sites (tertiary alicyclic amines) is 1. The van der Waals surface area contributed by atoms with E-state index in [0.717, 1.165) is 31.4 Å². The summed E-state index contributed by atoms with van der Waals surface area (Å²) in [7, 11) is 0. The number of aromatic nitrogens is 1. The molecular weight excluding hydrogens is 365 g/mol. The largest absolute Gasteiger partial charge is 0.488 e. The first kappa shape index (κ1) is 18.2. The molecule has 4 nitrogen and oxygen atoms in total. The predicted octanol–water partition coefficient (Wildman–Crippen LogP) is 4.90. The molecule has 0 bridgehead atoms. The van der Waals surface area contributed by atoms with Crippen molar-refractivity contribution in [2.24, 2.45) is 0 Å². The van der Waals surface area contributed by atoms with Crippen LogP contribution in [0.2, 0.25) is 0 Å². The van der Waals surface area contributed by atoms with Crippen molar-refractivity contribution in [3.8, 4) is 11.9 Å². The van der Waals surface area contributed by atoms with Crippen molar-refractivity contribution in [1.29, 1.82) is 5.26 Å². The van der Waals surface area contributed by atoms with Crippen molar-refractivity contribution in [3.63, 3.8) is 0 Å². The third-order valence-corrected chi connectivity index (χ3v) is 6.48. The van der Waals surface area contributed by atoms with E-state index in [9.17, 15) is 9.65 Å². The van der Waals surface area contributed by atoms with Crippen molar-refractivity contribution in [1.82, 2.24) is 9.47 Å². The lowest BCUT2D eigenvalue weighted by atomic mass is 9.80. The number of ether oxygens (including phenoxy) is 1. The maximum absolute atomic E-state index is 13.3. The summed E-state index contributed by atoms with van der Waals surface area (Å²) < 4.78 is 20.9. The van der Waals surface area contributed by atoms with E-state index < -0.39 is 0 Å². The fourth-order valence-corrected chi connectivity index (χ4v) is 4.94. The quantitative estimate of drug-likeness (QED) is 0.637. The number of rotatable bonds is 4. The average molecular weight is 389 g/mol. The van der Waals surface area contributed by atoms with Gasteiger partial charge in [0, 0.05) is 36.8 Å². The normalized spacial score (nSPS) is 22.9. The van der Waals surface area contributed by atoms with E-state index in [0.29, 0.717) is 17.7 Å². The highest BCUT2D eigenvalue weighted by Crippen LogP contribution is 2.39. The summed E-state index contributed by atoms with van der Waals surface area (Å²) in [6.45, 7) is 1.83. The van der Waals surface area contributed by atoms with Crippen LogP contribution in [0.15, 0.2) is 54.7 Å². The minimum absolute atomic E-state index is 0.156. The van der Waals surface area contributed by atoms with Gasteiger partial charge in [-0.25, -0.2) is 4.39 Å². The van der Waals surface area contributed by atoms with Crippen molar-refractivity contribution in [3.05, 3.63) is 66.1 Å². The Hall–Kier alpha value is -2.84. The van der Waals surface area contributed by atoms with Crippen LogP contribution in [-0.2, 0) is 0 Å². The van der Waals surface area contributed by atoms with Crippen LogP contribution >= 0.6 is 0 Å². The predicted molar refractivity (Wildman–Crippen MR) is 110 cm³/mol. The third-order valence-electron chi connectivity index (χ3n) is 6.48. The van der Waals surface area contributed by atoms with Gasteiger partial charge in [-0.1, -0.05) is 24.3 Å². The monoisotopic (exact) mass is 389 g/mol. The topological polar surface area (TPSA) is 41.2 Å². The van der Waals surface area contributed by atoms with Gasteiger partial charge in [0.2, 0.25) is 0 Å². The molecule has 0 amide bonds. The van der Waals surface area contributed by atoms with Crippen LogP contribution in [0.3, 0.4) is 0 Å². The van der Waals surface area contributed by atoms with Crippen LogP contribution in [-0.4, -0.2) is 34.7 Å². The fourth-order valence-electron chi connectivity index (χ4n) is 4.94. The van der Waals surface area contributed by atoms with Crippen molar-refractivity contribution < 1.29 is 9.13 Å². The Labute approximate surface area is 170 Å². The maximum atomic E-state index is 13.3. The molecule has 1 aromatic heterocycles. The molecule has 3 aromatic rings. The Morgan fingerprint density at radius 2 is 1.79 bits per heavy atom. The lowest BCUT2D eigenvalue weighted by molar-refractivity contribution is -0.0202. The van der Waals surface area contributed by atoms with Gasteiger partial charge in [-0.15, -0.1) is 0 Å². The lowest BCUT2D eigenvalue weighted by Gasteiger charge is -2.46. The van der Waals surface area contributed by atoms with Gasteiger partial charge in [0.25, 0.3) is 0 Å². The van der Waals surface area contributed by atoms with E-state index in [2.05, 4.69) is 23.2 Å². The number of benzene rings is 2. The summed E-state index contributed by atoms with van der Waals surface area (Å²) >= 11 is 0. The van der Waals surface area contributed by atoms with Gasteiger partial charge in [-0.2, -0.15) is 5.26 Å². The second-order valence-electron chi connectivity index (χ2n) is 8.23. The molecule has 0 unspecified atom stereocenters. The van der Waals surface area contributed by atoms with E-state index in [1.807, 2.05) is 24.4 Å². The van der Waals surface area contributed by atoms with Crippen LogP contribution < -0.4 is 4.74 Å². The SMILES string of the molecule is N#Cn1cc(C2CCC(N3CC(Oc4cccc(F)c4)C3)CC2)c2ccccc21. The zero-order valence-corrected chi connectivity index (χ0v) is 16.3. The number of halogens is 1. The molecule has 148 valence electrons. The summed E-state index contributed by atoms with van der Waals surface area (Å²) in [5.41, 5.74) is 2.32. The summed E-state index contributed by atoms with van der Waals surface area (Å²) in [6, 6.07) is 15.2. The standard InChI is InChI=1S/C24H24FN3O/c25-18-4-3-5-20(12-18)29-21-13-27(14-21)19-10-8-17(9-11-19)23-15-28(16-26)24-7-2-1-6-22(23)24/h1-7,12,15,17,19,21H,8-11,13-14H2. The van der Waals surface area contributed by atoms with Crippen LogP contribution in [0.1, 0.15) is 37.2 Å². The van der Waals surface area contributed by atoms with E-state index >= 15 is 0 Å². The summed E-state index contributed by atoms with van der Waals surface area (Å²) in [5, 5.41) is 10.6.